The van der Waals surface area contributed by atoms with Crippen molar-refractivity contribution in [2.45, 2.75) is 19.1 Å². The lowest BCUT2D eigenvalue weighted by atomic mass is 10.0. The maximum atomic E-state index is 13.1. The molecule has 0 radical (unpaired) electrons. The normalized spacial score (nSPS) is 21.7. The van der Waals surface area contributed by atoms with Crippen molar-refractivity contribution in [3.05, 3.63) is 35.4 Å². The lowest BCUT2D eigenvalue weighted by Gasteiger charge is -2.16. The summed E-state index contributed by atoms with van der Waals surface area (Å²) in [6, 6.07) is 2.44. The number of benzene rings is 1. The molecule has 1 aromatic carbocycles. The summed E-state index contributed by atoms with van der Waals surface area (Å²) >= 11 is 0. The van der Waals surface area contributed by atoms with Gasteiger partial charge in [0.15, 0.2) is 30.2 Å². The summed E-state index contributed by atoms with van der Waals surface area (Å²) in [5.41, 5.74) is 0.337. The monoisotopic (exact) mass is 255 g/mol. The minimum atomic E-state index is -0.995. The van der Waals surface area contributed by atoms with Crippen molar-refractivity contribution < 1.29 is 23.0 Å². The van der Waals surface area contributed by atoms with Gasteiger partial charge in [-0.25, -0.2) is 18.6 Å². The van der Waals surface area contributed by atoms with E-state index in [1.807, 2.05) is 0 Å². The molecule has 0 aliphatic carbocycles. The third-order valence-electron chi connectivity index (χ3n) is 2.52. The second-order valence-electron chi connectivity index (χ2n) is 3.68. The summed E-state index contributed by atoms with van der Waals surface area (Å²) in [6.07, 6.45) is 0.340. The molecule has 0 bridgehead atoms. The maximum absolute atomic E-state index is 13.1. The quantitative estimate of drug-likeness (QED) is 0.776. The zero-order valence-electron chi connectivity index (χ0n) is 9.60. The number of esters is 1. The fraction of sp³-hybridized carbons (Fsp3) is 0.333. The minimum Gasteiger partial charge on any atom is -0.473 e. The van der Waals surface area contributed by atoms with Crippen molar-refractivity contribution >= 4 is 12.4 Å². The number of ether oxygens (including phenoxy) is 2. The molecule has 0 aromatic heterocycles. The second-order valence-corrected chi connectivity index (χ2v) is 3.68. The van der Waals surface area contributed by atoms with Gasteiger partial charge in [0, 0.05) is 0 Å². The van der Waals surface area contributed by atoms with E-state index in [2.05, 4.69) is 4.99 Å². The van der Waals surface area contributed by atoms with Gasteiger partial charge in [-0.05, 0) is 24.6 Å². The summed E-state index contributed by atoms with van der Waals surface area (Å²) in [4.78, 5) is 15.4. The van der Waals surface area contributed by atoms with Crippen LogP contribution >= 0.6 is 0 Å². The minimum absolute atomic E-state index is 0.218. The first-order valence-electron chi connectivity index (χ1n) is 5.42. The molecule has 0 fully saturated rings. The van der Waals surface area contributed by atoms with Gasteiger partial charge in [-0.1, -0.05) is 6.07 Å². The number of hydrogen-bond donors (Lipinski definition) is 0. The van der Waals surface area contributed by atoms with Gasteiger partial charge in [0.2, 0.25) is 0 Å². The van der Waals surface area contributed by atoms with Crippen LogP contribution in [0.5, 0.6) is 0 Å². The van der Waals surface area contributed by atoms with E-state index in [1.54, 1.807) is 6.92 Å². The first-order valence-corrected chi connectivity index (χ1v) is 5.42. The summed E-state index contributed by atoms with van der Waals surface area (Å²) < 4.78 is 35.9. The number of halogens is 2. The van der Waals surface area contributed by atoms with E-state index in [0.717, 1.165) is 18.5 Å². The summed E-state index contributed by atoms with van der Waals surface area (Å²) in [7, 11) is 0. The number of hydrogen-bond acceptors (Lipinski definition) is 4. The highest BCUT2D eigenvalue weighted by Gasteiger charge is 2.35. The number of aliphatic imine (C=N–C) groups is 1. The number of nitrogens with zero attached hydrogens (tertiary/aromatic N) is 1. The Morgan fingerprint density at radius 3 is 2.89 bits per heavy atom. The molecule has 1 aliphatic heterocycles. The molecule has 4 nitrogen and oxygen atoms in total. The lowest BCUT2D eigenvalue weighted by Crippen LogP contribution is -2.26. The first kappa shape index (κ1) is 12.5. The van der Waals surface area contributed by atoms with Gasteiger partial charge in [0.25, 0.3) is 0 Å². The Labute approximate surface area is 102 Å². The van der Waals surface area contributed by atoms with Gasteiger partial charge in [0.05, 0.1) is 6.61 Å². The number of carbonyl (C=O) groups excluding carboxylic acids is 1. The van der Waals surface area contributed by atoms with Crippen molar-refractivity contribution in [2.75, 3.05) is 6.61 Å². The van der Waals surface area contributed by atoms with Crippen LogP contribution in [-0.4, -0.2) is 25.0 Å². The van der Waals surface area contributed by atoms with E-state index in [4.69, 9.17) is 9.47 Å². The predicted octanol–water partition coefficient (Wildman–Crippen LogP) is 2.00. The number of carbonyl (C=O) groups is 1. The largest absolute Gasteiger partial charge is 0.473 e. The SMILES string of the molecule is CCOC(=O)C1N=COC1c1ccc(F)c(F)c1. The van der Waals surface area contributed by atoms with Gasteiger partial charge in [-0.2, -0.15) is 0 Å². The van der Waals surface area contributed by atoms with Crippen molar-refractivity contribution in [2.24, 2.45) is 4.99 Å². The standard InChI is InChI=1S/C12H11F2NO3/c1-2-17-12(16)10-11(18-6-15-10)7-3-4-8(13)9(14)5-7/h3-6,10-11H,2H2,1H3. The summed E-state index contributed by atoms with van der Waals surface area (Å²) in [5, 5.41) is 0. The van der Waals surface area contributed by atoms with Crippen LogP contribution < -0.4 is 0 Å². The van der Waals surface area contributed by atoms with Crippen LogP contribution in [0.2, 0.25) is 0 Å². The molecule has 96 valence electrons. The highest BCUT2D eigenvalue weighted by Crippen LogP contribution is 2.28. The average Bonchev–Trinajstić information content (AvgIpc) is 2.82. The van der Waals surface area contributed by atoms with Crippen LogP contribution in [0.15, 0.2) is 23.2 Å². The van der Waals surface area contributed by atoms with E-state index >= 15 is 0 Å². The molecule has 0 N–H and O–H groups in total. The van der Waals surface area contributed by atoms with Gasteiger partial charge >= 0.3 is 5.97 Å². The molecule has 2 rings (SSSR count). The predicted molar refractivity (Wildman–Crippen MR) is 59.1 cm³/mol. The molecule has 0 saturated heterocycles. The third kappa shape index (κ3) is 2.32. The first-order chi connectivity index (χ1) is 8.63. The molecule has 2 atom stereocenters. The van der Waals surface area contributed by atoms with Gasteiger partial charge in [-0.3, -0.25) is 0 Å². The molecule has 6 heteroatoms. The topological polar surface area (TPSA) is 47.9 Å². The average molecular weight is 255 g/mol. The van der Waals surface area contributed by atoms with Crippen LogP contribution in [0.4, 0.5) is 8.78 Å². The highest BCUT2D eigenvalue weighted by molar-refractivity contribution is 5.80. The van der Waals surface area contributed by atoms with Crippen molar-refractivity contribution in [1.82, 2.24) is 0 Å². The van der Waals surface area contributed by atoms with Crippen LogP contribution in [-0.2, 0) is 14.3 Å². The summed E-state index contributed by atoms with van der Waals surface area (Å²) in [6.45, 7) is 1.89. The van der Waals surface area contributed by atoms with Crippen LogP contribution in [0.3, 0.4) is 0 Å². The molecule has 1 aliphatic rings. The molecule has 0 saturated carbocycles. The van der Waals surface area contributed by atoms with Crippen molar-refractivity contribution in [3.63, 3.8) is 0 Å². The summed E-state index contributed by atoms with van der Waals surface area (Å²) in [5.74, 6) is -2.50. The molecule has 0 amide bonds. The highest BCUT2D eigenvalue weighted by atomic mass is 19.2. The van der Waals surface area contributed by atoms with Crippen LogP contribution in [0.25, 0.3) is 0 Å². The molecule has 1 aromatic rings. The smallest absolute Gasteiger partial charge is 0.335 e. The Morgan fingerprint density at radius 1 is 1.44 bits per heavy atom. The lowest BCUT2D eigenvalue weighted by molar-refractivity contribution is -0.146. The number of rotatable bonds is 3. The van der Waals surface area contributed by atoms with E-state index in [1.165, 1.54) is 6.07 Å². The molecule has 2 unspecified atom stereocenters. The van der Waals surface area contributed by atoms with E-state index in [-0.39, 0.29) is 6.61 Å². The zero-order chi connectivity index (χ0) is 13.1. The van der Waals surface area contributed by atoms with E-state index in [9.17, 15) is 13.6 Å². The molecular formula is C12H11F2NO3. The second kappa shape index (κ2) is 5.12. The van der Waals surface area contributed by atoms with E-state index in [0.29, 0.717) is 5.56 Å². The Hall–Kier alpha value is -1.98. The zero-order valence-corrected chi connectivity index (χ0v) is 9.60. The fourth-order valence-electron chi connectivity index (χ4n) is 1.68. The molecule has 1 heterocycles. The molecule has 0 spiro atoms. The molecular weight excluding hydrogens is 244 g/mol. The Kier molecular flexibility index (Phi) is 3.55. The van der Waals surface area contributed by atoms with Gasteiger partial charge in [-0.15, -0.1) is 0 Å². The Bertz CT molecular complexity index is 490. The maximum Gasteiger partial charge on any atom is 0.335 e. The van der Waals surface area contributed by atoms with E-state index < -0.39 is 29.7 Å². The third-order valence-corrected chi connectivity index (χ3v) is 2.52. The van der Waals surface area contributed by atoms with Crippen molar-refractivity contribution in [1.29, 1.82) is 0 Å². The van der Waals surface area contributed by atoms with Crippen LogP contribution in [0, 0.1) is 11.6 Å². The fourth-order valence-corrected chi connectivity index (χ4v) is 1.68. The Balaban J connectivity index is 2.22. The van der Waals surface area contributed by atoms with Crippen molar-refractivity contribution in [3.8, 4) is 0 Å². The van der Waals surface area contributed by atoms with Gasteiger partial charge < -0.3 is 9.47 Å². The Morgan fingerprint density at radius 2 is 2.22 bits per heavy atom. The van der Waals surface area contributed by atoms with Gasteiger partial charge in [0.1, 0.15) is 0 Å². The molecule has 18 heavy (non-hydrogen) atoms. The van der Waals surface area contributed by atoms with Crippen LogP contribution in [0.1, 0.15) is 18.6 Å².